The number of rotatable bonds is 2. The van der Waals surface area contributed by atoms with Gasteiger partial charge in [-0.2, -0.15) is 0 Å². The summed E-state index contributed by atoms with van der Waals surface area (Å²) in [5, 5.41) is 8.07. The van der Waals surface area contributed by atoms with Crippen molar-refractivity contribution in [3.63, 3.8) is 0 Å². The molecule has 2 aromatic rings. The van der Waals surface area contributed by atoms with Crippen LogP contribution in [0.1, 0.15) is 16.7 Å². The molecule has 1 aliphatic rings. The largest absolute Gasteiger partial charge is 0.348 e. The molecule has 0 saturated heterocycles. The van der Waals surface area contributed by atoms with Crippen molar-refractivity contribution >= 4 is 5.84 Å². The van der Waals surface area contributed by atoms with Crippen LogP contribution >= 0.6 is 0 Å². The summed E-state index contributed by atoms with van der Waals surface area (Å²) >= 11 is 0. The second kappa shape index (κ2) is 4.22. The van der Waals surface area contributed by atoms with Crippen molar-refractivity contribution in [2.75, 3.05) is 0 Å². The zero-order valence-electron chi connectivity index (χ0n) is 9.73. The predicted molar refractivity (Wildman–Crippen MR) is 66.7 cm³/mol. The topological polar surface area (TPSA) is 40.0 Å². The molecule has 0 bridgehead atoms. The van der Waals surface area contributed by atoms with Crippen LogP contribution in [-0.4, -0.2) is 15.7 Å². The minimum atomic E-state index is -0.290. The lowest BCUT2D eigenvalue weighted by Crippen LogP contribution is -2.23. The Kier molecular flexibility index (Phi) is 2.55. The Morgan fingerprint density at radius 2 is 2.22 bits per heavy atom. The molecule has 1 N–H and O–H groups in total. The summed E-state index contributed by atoms with van der Waals surface area (Å²) in [7, 11) is 0. The van der Waals surface area contributed by atoms with Crippen molar-refractivity contribution in [2.45, 2.75) is 13.1 Å². The highest BCUT2D eigenvalue weighted by atomic mass is 19.1. The molecule has 0 fully saturated rings. The summed E-state index contributed by atoms with van der Waals surface area (Å²) in [5.41, 5.74) is 2.75. The molecule has 0 spiro atoms. The van der Waals surface area contributed by atoms with Gasteiger partial charge in [0, 0.05) is 31.0 Å². The number of pyridine rings is 1. The maximum absolute atomic E-state index is 13.2. The summed E-state index contributed by atoms with van der Waals surface area (Å²) < 4.78 is 13.2. The van der Waals surface area contributed by atoms with Crippen molar-refractivity contribution in [3.8, 4) is 0 Å². The number of aromatic nitrogens is 1. The van der Waals surface area contributed by atoms with Gasteiger partial charge in [-0.05, 0) is 29.3 Å². The highest BCUT2D eigenvalue weighted by Gasteiger charge is 2.24. The second-order valence-corrected chi connectivity index (χ2v) is 4.37. The van der Waals surface area contributed by atoms with E-state index < -0.39 is 0 Å². The van der Waals surface area contributed by atoms with E-state index in [0.717, 1.165) is 11.1 Å². The maximum atomic E-state index is 13.2. The normalized spacial score (nSPS) is 13.8. The molecule has 3 rings (SSSR count). The average Bonchev–Trinajstić information content (AvgIpc) is 2.68. The van der Waals surface area contributed by atoms with Gasteiger partial charge in [0.05, 0.1) is 0 Å². The van der Waals surface area contributed by atoms with Gasteiger partial charge in [0.1, 0.15) is 11.7 Å². The molecule has 18 heavy (non-hydrogen) atoms. The van der Waals surface area contributed by atoms with Crippen LogP contribution in [0.4, 0.5) is 4.39 Å². The SMILES string of the molecule is N=C1c2cc(F)ccc2CN1Cc1cccnc1. The molecule has 1 aliphatic heterocycles. The van der Waals surface area contributed by atoms with Gasteiger partial charge in [-0.3, -0.25) is 10.4 Å². The molecule has 0 amide bonds. The molecular weight excluding hydrogens is 229 g/mol. The number of halogens is 1. The molecular formula is C14H12FN3. The molecule has 90 valence electrons. The average molecular weight is 241 g/mol. The predicted octanol–water partition coefficient (Wildman–Crippen LogP) is 2.56. The summed E-state index contributed by atoms with van der Waals surface area (Å²) in [6.07, 6.45) is 3.51. The fourth-order valence-corrected chi connectivity index (χ4v) is 2.21. The highest BCUT2D eigenvalue weighted by molar-refractivity contribution is 6.00. The maximum Gasteiger partial charge on any atom is 0.129 e. The number of benzene rings is 1. The molecule has 0 aliphatic carbocycles. The summed E-state index contributed by atoms with van der Waals surface area (Å²) in [6.45, 7) is 1.28. The van der Waals surface area contributed by atoms with Crippen molar-refractivity contribution in [2.24, 2.45) is 0 Å². The van der Waals surface area contributed by atoms with Gasteiger partial charge in [-0.1, -0.05) is 12.1 Å². The first kappa shape index (κ1) is 10.9. The first-order valence-corrected chi connectivity index (χ1v) is 5.75. The van der Waals surface area contributed by atoms with Crippen molar-refractivity contribution in [1.29, 1.82) is 5.41 Å². The lowest BCUT2D eigenvalue weighted by molar-refractivity contribution is 0.421. The van der Waals surface area contributed by atoms with E-state index in [0.29, 0.717) is 24.5 Å². The van der Waals surface area contributed by atoms with E-state index in [1.54, 1.807) is 18.5 Å². The first-order valence-electron chi connectivity index (χ1n) is 5.75. The Morgan fingerprint density at radius 3 is 3.00 bits per heavy atom. The standard InChI is InChI=1S/C14H12FN3/c15-12-4-3-11-9-18(14(16)13(11)6-12)8-10-2-1-5-17-7-10/h1-7,16H,8-9H2. The van der Waals surface area contributed by atoms with Gasteiger partial charge in [0.25, 0.3) is 0 Å². The van der Waals surface area contributed by atoms with Crippen molar-refractivity contribution in [3.05, 3.63) is 65.2 Å². The molecule has 4 heteroatoms. The Hall–Kier alpha value is -2.23. The van der Waals surface area contributed by atoms with Crippen molar-refractivity contribution < 1.29 is 4.39 Å². The number of hydrogen-bond donors (Lipinski definition) is 1. The van der Waals surface area contributed by atoms with Crippen LogP contribution in [-0.2, 0) is 13.1 Å². The lowest BCUT2D eigenvalue weighted by Gasteiger charge is -2.17. The van der Waals surface area contributed by atoms with Crippen LogP contribution in [0.15, 0.2) is 42.7 Å². The number of fused-ring (bicyclic) bond motifs is 1. The van der Waals surface area contributed by atoms with Gasteiger partial charge >= 0.3 is 0 Å². The molecule has 0 saturated carbocycles. The monoisotopic (exact) mass is 241 g/mol. The van der Waals surface area contributed by atoms with Crippen LogP contribution in [0.2, 0.25) is 0 Å². The van der Waals surface area contributed by atoms with Crippen LogP contribution in [0.25, 0.3) is 0 Å². The third-order valence-corrected chi connectivity index (χ3v) is 3.10. The first-order chi connectivity index (χ1) is 8.74. The van der Waals surface area contributed by atoms with E-state index in [9.17, 15) is 4.39 Å². The minimum Gasteiger partial charge on any atom is -0.348 e. The van der Waals surface area contributed by atoms with Crippen LogP contribution < -0.4 is 0 Å². The minimum absolute atomic E-state index is 0.290. The number of nitrogens with one attached hydrogen (secondary N) is 1. The molecule has 3 nitrogen and oxygen atoms in total. The van der Waals surface area contributed by atoms with E-state index in [-0.39, 0.29) is 5.82 Å². The number of hydrogen-bond acceptors (Lipinski definition) is 2. The van der Waals surface area contributed by atoms with E-state index in [4.69, 9.17) is 5.41 Å². The Balaban J connectivity index is 1.85. The molecule has 1 aromatic carbocycles. The Bertz CT molecular complexity index is 595. The highest BCUT2D eigenvalue weighted by Crippen LogP contribution is 2.24. The molecule has 0 unspecified atom stereocenters. The quantitative estimate of drug-likeness (QED) is 0.877. The summed E-state index contributed by atoms with van der Waals surface area (Å²) in [5.74, 6) is 0.0927. The summed E-state index contributed by atoms with van der Waals surface area (Å²) in [4.78, 5) is 5.98. The Morgan fingerprint density at radius 1 is 1.33 bits per heavy atom. The van der Waals surface area contributed by atoms with Crippen LogP contribution in [0.5, 0.6) is 0 Å². The zero-order valence-corrected chi connectivity index (χ0v) is 9.73. The fourth-order valence-electron chi connectivity index (χ4n) is 2.21. The van der Waals surface area contributed by atoms with Gasteiger partial charge < -0.3 is 4.90 Å². The molecule has 0 radical (unpaired) electrons. The van der Waals surface area contributed by atoms with E-state index in [2.05, 4.69) is 4.98 Å². The van der Waals surface area contributed by atoms with Gasteiger partial charge in [0.15, 0.2) is 0 Å². The third-order valence-electron chi connectivity index (χ3n) is 3.10. The van der Waals surface area contributed by atoms with E-state index in [1.165, 1.54) is 12.1 Å². The summed E-state index contributed by atoms with van der Waals surface area (Å²) in [6, 6.07) is 8.48. The smallest absolute Gasteiger partial charge is 0.129 e. The van der Waals surface area contributed by atoms with Gasteiger partial charge in [0.2, 0.25) is 0 Å². The van der Waals surface area contributed by atoms with Crippen LogP contribution in [0, 0.1) is 11.2 Å². The number of nitrogens with zero attached hydrogens (tertiary/aromatic N) is 2. The van der Waals surface area contributed by atoms with Crippen LogP contribution in [0.3, 0.4) is 0 Å². The van der Waals surface area contributed by atoms with E-state index in [1.807, 2.05) is 17.0 Å². The Labute approximate surface area is 104 Å². The third kappa shape index (κ3) is 1.86. The van der Waals surface area contributed by atoms with Gasteiger partial charge in [-0.25, -0.2) is 4.39 Å². The second-order valence-electron chi connectivity index (χ2n) is 4.37. The number of amidine groups is 1. The fraction of sp³-hybridized carbons (Fsp3) is 0.143. The van der Waals surface area contributed by atoms with Gasteiger partial charge in [-0.15, -0.1) is 0 Å². The molecule has 1 aromatic heterocycles. The van der Waals surface area contributed by atoms with E-state index >= 15 is 0 Å². The molecule has 2 heterocycles. The van der Waals surface area contributed by atoms with Crippen molar-refractivity contribution in [1.82, 2.24) is 9.88 Å². The zero-order chi connectivity index (χ0) is 12.5. The lowest BCUT2D eigenvalue weighted by atomic mass is 10.1. The molecule has 0 atom stereocenters.